The first-order chi connectivity index (χ1) is 7.15. The maximum Gasteiger partial charge on any atom is 0.163 e. The molecule has 0 aliphatic rings. The molecule has 0 aliphatic heterocycles. The van der Waals surface area contributed by atoms with E-state index in [0.29, 0.717) is 18.7 Å². The molecule has 2 nitrogen and oxygen atoms in total. The van der Waals surface area contributed by atoms with E-state index in [-0.39, 0.29) is 6.04 Å². The first-order valence-corrected chi connectivity index (χ1v) is 5.01. The van der Waals surface area contributed by atoms with Crippen LogP contribution in [-0.4, -0.2) is 12.6 Å². The summed E-state index contributed by atoms with van der Waals surface area (Å²) in [6.45, 7) is 2.87. The number of halogens is 2. The molecule has 0 saturated heterocycles. The third-order valence-corrected chi connectivity index (χ3v) is 2.27. The predicted octanol–water partition coefficient (Wildman–Crippen LogP) is 1.79. The fourth-order valence-corrected chi connectivity index (χ4v) is 1.32. The van der Waals surface area contributed by atoms with Crippen molar-refractivity contribution in [2.24, 2.45) is 5.73 Å². The number of benzene rings is 1. The summed E-state index contributed by atoms with van der Waals surface area (Å²) < 4.78 is 26.0. The first-order valence-electron chi connectivity index (χ1n) is 5.01. The average molecular weight is 214 g/mol. The number of hydrogen-bond acceptors (Lipinski definition) is 2. The van der Waals surface area contributed by atoms with E-state index < -0.39 is 11.6 Å². The van der Waals surface area contributed by atoms with Gasteiger partial charge in [-0.2, -0.15) is 0 Å². The summed E-state index contributed by atoms with van der Waals surface area (Å²) in [5.74, 6) is -1.58. The minimum absolute atomic E-state index is 0.206. The second kappa shape index (κ2) is 5.78. The molecule has 1 unspecified atom stereocenters. The van der Waals surface area contributed by atoms with Gasteiger partial charge in [-0.3, -0.25) is 0 Å². The van der Waals surface area contributed by atoms with Crippen molar-refractivity contribution >= 4 is 0 Å². The van der Waals surface area contributed by atoms with Gasteiger partial charge in [0.15, 0.2) is 11.6 Å². The highest BCUT2D eigenvalue weighted by atomic mass is 19.2. The average Bonchev–Trinajstić information content (AvgIpc) is 2.21. The third kappa shape index (κ3) is 3.57. The molecule has 84 valence electrons. The molecule has 0 radical (unpaired) electrons. The van der Waals surface area contributed by atoms with Crippen molar-refractivity contribution in [3.63, 3.8) is 0 Å². The molecule has 1 aromatic carbocycles. The summed E-state index contributed by atoms with van der Waals surface area (Å²) in [7, 11) is 0. The van der Waals surface area contributed by atoms with Gasteiger partial charge in [0, 0.05) is 18.2 Å². The Morgan fingerprint density at radius 2 is 2.13 bits per heavy atom. The molecule has 3 N–H and O–H groups in total. The number of nitrogens with one attached hydrogen (secondary N) is 1. The minimum Gasteiger partial charge on any atom is -0.330 e. The molecular formula is C11H16F2N2. The van der Waals surface area contributed by atoms with Crippen LogP contribution in [0.1, 0.15) is 18.9 Å². The summed E-state index contributed by atoms with van der Waals surface area (Å²) in [6.07, 6.45) is 0.816. The zero-order valence-corrected chi connectivity index (χ0v) is 8.76. The Bertz CT molecular complexity index is 315. The summed E-state index contributed by atoms with van der Waals surface area (Å²) in [5, 5.41) is 3.08. The van der Waals surface area contributed by atoms with Crippen molar-refractivity contribution < 1.29 is 8.78 Å². The van der Waals surface area contributed by atoms with Gasteiger partial charge in [0.2, 0.25) is 0 Å². The smallest absolute Gasteiger partial charge is 0.163 e. The fourth-order valence-electron chi connectivity index (χ4n) is 1.32. The van der Waals surface area contributed by atoms with Crippen molar-refractivity contribution in [2.75, 3.05) is 6.54 Å². The van der Waals surface area contributed by atoms with Gasteiger partial charge in [0.1, 0.15) is 0 Å². The van der Waals surface area contributed by atoms with Gasteiger partial charge < -0.3 is 11.1 Å². The van der Waals surface area contributed by atoms with E-state index in [0.717, 1.165) is 12.5 Å². The van der Waals surface area contributed by atoms with Crippen LogP contribution in [0.15, 0.2) is 18.2 Å². The third-order valence-electron chi connectivity index (χ3n) is 2.27. The molecule has 1 rings (SSSR count). The molecular weight excluding hydrogens is 198 g/mol. The van der Waals surface area contributed by atoms with E-state index in [1.54, 1.807) is 6.07 Å². The van der Waals surface area contributed by atoms with Gasteiger partial charge in [-0.25, -0.2) is 8.78 Å². The molecule has 4 heteroatoms. The van der Waals surface area contributed by atoms with Gasteiger partial charge in [-0.15, -0.1) is 0 Å². The Morgan fingerprint density at radius 3 is 2.80 bits per heavy atom. The van der Waals surface area contributed by atoms with Crippen LogP contribution in [0.2, 0.25) is 0 Å². The van der Waals surface area contributed by atoms with Crippen molar-refractivity contribution in [3.05, 3.63) is 35.4 Å². The quantitative estimate of drug-likeness (QED) is 0.784. The number of hydrogen-bond donors (Lipinski definition) is 2. The maximum absolute atomic E-state index is 13.2. The van der Waals surface area contributed by atoms with Crippen LogP contribution in [-0.2, 0) is 6.54 Å². The predicted molar refractivity (Wildman–Crippen MR) is 56.3 cm³/mol. The van der Waals surface area contributed by atoms with Crippen LogP contribution in [0.5, 0.6) is 0 Å². The lowest BCUT2D eigenvalue weighted by Gasteiger charge is -2.12. The van der Waals surface area contributed by atoms with E-state index in [4.69, 9.17) is 5.73 Å². The van der Waals surface area contributed by atoms with Gasteiger partial charge in [0.25, 0.3) is 0 Å². The zero-order chi connectivity index (χ0) is 11.3. The first kappa shape index (κ1) is 12.1. The molecule has 1 atom stereocenters. The summed E-state index contributed by atoms with van der Waals surface area (Å²) >= 11 is 0. The number of rotatable bonds is 5. The Morgan fingerprint density at radius 1 is 1.40 bits per heavy atom. The molecule has 0 saturated carbocycles. The lowest BCUT2D eigenvalue weighted by molar-refractivity contribution is 0.474. The lowest BCUT2D eigenvalue weighted by Crippen LogP contribution is -2.28. The van der Waals surface area contributed by atoms with Crippen LogP contribution in [0.4, 0.5) is 8.78 Å². The van der Waals surface area contributed by atoms with E-state index >= 15 is 0 Å². The monoisotopic (exact) mass is 214 g/mol. The molecule has 0 bridgehead atoms. The minimum atomic E-state index is -0.805. The Labute approximate surface area is 88.5 Å². The van der Waals surface area contributed by atoms with Crippen LogP contribution >= 0.6 is 0 Å². The van der Waals surface area contributed by atoms with Gasteiger partial charge in [-0.05, 0) is 26.0 Å². The molecule has 0 aromatic heterocycles. The van der Waals surface area contributed by atoms with Gasteiger partial charge >= 0.3 is 0 Å². The van der Waals surface area contributed by atoms with Crippen LogP contribution in [0.25, 0.3) is 0 Å². The van der Waals surface area contributed by atoms with Gasteiger partial charge in [0.05, 0.1) is 0 Å². The van der Waals surface area contributed by atoms with Crippen molar-refractivity contribution in [2.45, 2.75) is 25.9 Å². The summed E-state index contributed by atoms with van der Waals surface area (Å²) in [4.78, 5) is 0. The van der Waals surface area contributed by atoms with E-state index in [1.807, 2.05) is 6.92 Å². The molecule has 0 spiro atoms. The van der Waals surface area contributed by atoms with Crippen molar-refractivity contribution in [3.8, 4) is 0 Å². The standard InChI is InChI=1S/C11H16F2N2/c1-8(5-6-14)15-7-9-3-2-4-10(12)11(9)13/h2-4,8,15H,5-7,14H2,1H3. The summed E-state index contributed by atoms with van der Waals surface area (Å²) in [5.41, 5.74) is 5.72. The highest BCUT2D eigenvalue weighted by Crippen LogP contribution is 2.11. The molecule has 1 aromatic rings. The highest BCUT2D eigenvalue weighted by molar-refractivity contribution is 5.18. The SMILES string of the molecule is CC(CCN)NCc1cccc(F)c1F. The van der Waals surface area contributed by atoms with Crippen LogP contribution < -0.4 is 11.1 Å². The molecule has 15 heavy (non-hydrogen) atoms. The normalized spacial score (nSPS) is 12.8. The van der Waals surface area contributed by atoms with Gasteiger partial charge in [-0.1, -0.05) is 12.1 Å². The van der Waals surface area contributed by atoms with E-state index in [2.05, 4.69) is 5.32 Å². The highest BCUT2D eigenvalue weighted by Gasteiger charge is 2.08. The van der Waals surface area contributed by atoms with Crippen LogP contribution in [0, 0.1) is 11.6 Å². The Kier molecular flexibility index (Phi) is 4.65. The molecule has 0 heterocycles. The maximum atomic E-state index is 13.2. The second-order valence-corrected chi connectivity index (χ2v) is 3.57. The van der Waals surface area contributed by atoms with Crippen molar-refractivity contribution in [1.29, 1.82) is 0 Å². The summed E-state index contributed by atoms with van der Waals surface area (Å²) in [6, 6.07) is 4.39. The van der Waals surface area contributed by atoms with Crippen LogP contribution in [0.3, 0.4) is 0 Å². The topological polar surface area (TPSA) is 38.0 Å². The van der Waals surface area contributed by atoms with E-state index in [1.165, 1.54) is 6.07 Å². The van der Waals surface area contributed by atoms with E-state index in [9.17, 15) is 8.78 Å². The Balaban J connectivity index is 2.54. The zero-order valence-electron chi connectivity index (χ0n) is 8.76. The lowest BCUT2D eigenvalue weighted by atomic mass is 10.1. The molecule has 0 amide bonds. The molecule has 0 aliphatic carbocycles. The fraction of sp³-hybridized carbons (Fsp3) is 0.455. The molecule has 0 fully saturated rings. The largest absolute Gasteiger partial charge is 0.330 e. The Hall–Kier alpha value is -1.00. The number of nitrogens with two attached hydrogens (primary N) is 1. The second-order valence-electron chi connectivity index (χ2n) is 3.57. The van der Waals surface area contributed by atoms with Crippen molar-refractivity contribution in [1.82, 2.24) is 5.32 Å².